The van der Waals surface area contributed by atoms with E-state index in [1.165, 1.54) is 0 Å². The fourth-order valence-electron chi connectivity index (χ4n) is 2.45. The second-order valence-corrected chi connectivity index (χ2v) is 6.05. The summed E-state index contributed by atoms with van der Waals surface area (Å²) >= 11 is 1.56. The SMILES string of the molecule is COc1ccc(-c2nc(-c3nc4ccc(C#N)cc4[nH]3)cs2)cc1. The van der Waals surface area contributed by atoms with Gasteiger partial charge in [-0.1, -0.05) is 0 Å². The van der Waals surface area contributed by atoms with Crippen LogP contribution in [0.1, 0.15) is 5.56 Å². The Morgan fingerprint density at radius 3 is 2.71 bits per heavy atom. The molecule has 4 rings (SSSR count). The van der Waals surface area contributed by atoms with Crippen molar-refractivity contribution in [2.24, 2.45) is 0 Å². The summed E-state index contributed by atoms with van der Waals surface area (Å²) in [7, 11) is 1.65. The third kappa shape index (κ3) is 2.51. The van der Waals surface area contributed by atoms with Crippen LogP contribution >= 0.6 is 11.3 Å². The fourth-order valence-corrected chi connectivity index (χ4v) is 3.26. The van der Waals surface area contributed by atoms with E-state index in [9.17, 15) is 0 Å². The van der Waals surface area contributed by atoms with E-state index in [1.807, 2.05) is 35.7 Å². The maximum absolute atomic E-state index is 8.98. The van der Waals surface area contributed by atoms with Crippen LogP contribution in [-0.2, 0) is 0 Å². The second-order valence-electron chi connectivity index (χ2n) is 5.20. The van der Waals surface area contributed by atoms with Crippen LogP contribution in [0.4, 0.5) is 0 Å². The number of imidazole rings is 1. The molecule has 0 aliphatic heterocycles. The highest BCUT2D eigenvalue weighted by molar-refractivity contribution is 7.13. The molecule has 2 heterocycles. The molecule has 0 fully saturated rings. The van der Waals surface area contributed by atoms with Gasteiger partial charge in [0.2, 0.25) is 0 Å². The van der Waals surface area contributed by atoms with Crippen molar-refractivity contribution < 1.29 is 4.74 Å². The van der Waals surface area contributed by atoms with Gasteiger partial charge in [-0.05, 0) is 42.5 Å². The maximum atomic E-state index is 8.98. The van der Waals surface area contributed by atoms with E-state index in [1.54, 1.807) is 30.6 Å². The highest BCUT2D eigenvalue weighted by atomic mass is 32.1. The molecule has 2 aromatic heterocycles. The van der Waals surface area contributed by atoms with Gasteiger partial charge in [-0.3, -0.25) is 0 Å². The summed E-state index contributed by atoms with van der Waals surface area (Å²) in [6.07, 6.45) is 0. The number of thiazole rings is 1. The van der Waals surface area contributed by atoms with Gasteiger partial charge in [0.05, 0.1) is 29.8 Å². The summed E-state index contributed by atoms with van der Waals surface area (Å²) in [4.78, 5) is 12.4. The average molecular weight is 332 g/mol. The van der Waals surface area contributed by atoms with Gasteiger partial charge in [0.15, 0.2) is 5.82 Å². The zero-order valence-electron chi connectivity index (χ0n) is 12.8. The summed E-state index contributed by atoms with van der Waals surface area (Å²) in [5, 5.41) is 11.9. The minimum atomic E-state index is 0.606. The number of fused-ring (bicyclic) bond motifs is 1. The Hall–Kier alpha value is -3.17. The molecule has 6 heteroatoms. The highest BCUT2D eigenvalue weighted by Crippen LogP contribution is 2.29. The number of ether oxygens (including phenoxy) is 1. The number of nitrogens with one attached hydrogen (secondary N) is 1. The molecule has 0 saturated heterocycles. The molecule has 0 amide bonds. The Kier molecular flexibility index (Phi) is 3.48. The van der Waals surface area contributed by atoms with E-state index in [0.29, 0.717) is 11.4 Å². The Morgan fingerprint density at radius 2 is 1.96 bits per heavy atom. The second kappa shape index (κ2) is 5.80. The van der Waals surface area contributed by atoms with E-state index in [-0.39, 0.29) is 0 Å². The van der Waals surface area contributed by atoms with Crippen LogP contribution in [0, 0.1) is 11.3 Å². The Labute approximate surface area is 142 Å². The summed E-state index contributed by atoms with van der Waals surface area (Å²) in [5.41, 5.74) is 4.09. The molecule has 4 aromatic rings. The smallest absolute Gasteiger partial charge is 0.158 e. The van der Waals surface area contributed by atoms with Gasteiger partial charge in [-0.2, -0.15) is 5.26 Å². The fraction of sp³-hybridized carbons (Fsp3) is 0.0556. The van der Waals surface area contributed by atoms with Gasteiger partial charge in [0.25, 0.3) is 0 Å². The first-order chi connectivity index (χ1) is 11.8. The molecule has 5 nitrogen and oxygen atoms in total. The summed E-state index contributed by atoms with van der Waals surface area (Å²) in [6, 6.07) is 15.3. The van der Waals surface area contributed by atoms with Gasteiger partial charge >= 0.3 is 0 Å². The summed E-state index contributed by atoms with van der Waals surface area (Å²) in [5.74, 6) is 1.53. The van der Waals surface area contributed by atoms with Crippen molar-refractivity contribution in [3.63, 3.8) is 0 Å². The summed E-state index contributed by atoms with van der Waals surface area (Å²) in [6.45, 7) is 0. The largest absolute Gasteiger partial charge is 0.497 e. The van der Waals surface area contributed by atoms with Crippen LogP contribution in [0.5, 0.6) is 5.75 Å². The first-order valence-corrected chi connectivity index (χ1v) is 8.15. The van der Waals surface area contributed by atoms with Crippen molar-refractivity contribution >= 4 is 22.4 Å². The molecular formula is C18H12N4OS. The zero-order chi connectivity index (χ0) is 16.5. The van der Waals surface area contributed by atoms with Crippen LogP contribution in [0.25, 0.3) is 33.1 Å². The Balaban J connectivity index is 1.70. The zero-order valence-corrected chi connectivity index (χ0v) is 13.6. The van der Waals surface area contributed by atoms with Crippen molar-refractivity contribution in [2.75, 3.05) is 7.11 Å². The molecule has 0 aliphatic carbocycles. The molecule has 0 atom stereocenters. The third-order valence-electron chi connectivity index (χ3n) is 3.69. The quantitative estimate of drug-likeness (QED) is 0.609. The number of hydrogen-bond acceptors (Lipinski definition) is 5. The van der Waals surface area contributed by atoms with E-state index in [4.69, 9.17) is 10.00 Å². The van der Waals surface area contributed by atoms with Crippen molar-refractivity contribution in [1.29, 1.82) is 5.26 Å². The molecule has 0 spiro atoms. The monoisotopic (exact) mass is 332 g/mol. The number of benzene rings is 2. The number of methoxy groups -OCH3 is 1. The molecular weight excluding hydrogens is 320 g/mol. The van der Waals surface area contributed by atoms with Gasteiger partial charge in [0.1, 0.15) is 16.5 Å². The Morgan fingerprint density at radius 1 is 1.12 bits per heavy atom. The van der Waals surface area contributed by atoms with Gasteiger partial charge in [-0.15, -0.1) is 11.3 Å². The lowest BCUT2D eigenvalue weighted by Crippen LogP contribution is -1.83. The molecule has 0 aliphatic rings. The lowest BCUT2D eigenvalue weighted by atomic mass is 10.2. The third-order valence-corrected chi connectivity index (χ3v) is 4.59. The van der Waals surface area contributed by atoms with E-state index < -0.39 is 0 Å². The lowest BCUT2D eigenvalue weighted by Gasteiger charge is -2.00. The number of rotatable bonds is 3. The standard InChI is InChI=1S/C18H12N4OS/c1-23-13-5-3-12(4-6-13)18-22-16(10-24-18)17-20-14-7-2-11(9-19)8-15(14)21-17/h2-8,10H,1H3,(H,20,21). The van der Waals surface area contributed by atoms with Crippen molar-refractivity contribution in [1.82, 2.24) is 15.0 Å². The molecule has 24 heavy (non-hydrogen) atoms. The molecule has 0 radical (unpaired) electrons. The number of aromatic amines is 1. The Bertz CT molecular complexity index is 1060. The first-order valence-electron chi connectivity index (χ1n) is 7.27. The number of H-pyrrole nitrogens is 1. The normalized spacial score (nSPS) is 10.7. The van der Waals surface area contributed by atoms with E-state index >= 15 is 0 Å². The maximum Gasteiger partial charge on any atom is 0.158 e. The van der Waals surface area contributed by atoms with E-state index in [0.717, 1.165) is 33.0 Å². The van der Waals surface area contributed by atoms with Crippen LogP contribution in [-0.4, -0.2) is 22.1 Å². The highest BCUT2D eigenvalue weighted by Gasteiger charge is 2.11. The average Bonchev–Trinajstić information content (AvgIpc) is 3.27. The van der Waals surface area contributed by atoms with Crippen LogP contribution < -0.4 is 4.74 Å². The van der Waals surface area contributed by atoms with Gasteiger partial charge < -0.3 is 9.72 Å². The summed E-state index contributed by atoms with van der Waals surface area (Å²) < 4.78 is 5.18. The molecule has 2 aromatic carbocycles. The topological polar surface area (TPSA) is 74.6 Å². The van der Waals surface area contributed by atoms with Gasteiger partial charge in [0, 0.05) is 10.9 Å². The molecule has 0 unspecified atom stereocenters. The number of nitrogens with zero attached hydrogens (tertiary/aromatic N) is 3. The van der Waals surface area contributed by atoms with Crippen molar-refractivity contribution in [3.05, 3.63) is 53.4 Å². The minimum Gasteiger partial charge on any atom is -0.497 e. The number of nitriles is 1. The molecule has 0 bridgehead atoms. The van der Waals surface area contributed by atoms with E-state index in [2.05, 4.69) is 21.0 Å². The van der Waals surface area contributed by atoms with Crippen LogP contribution in [0.3, 0.4) is 0 Å². The molecule has 116 valence electrons. The van der Waals surface area contributed by atoms with Crippen molar-refractivity contribution in [3.8, 4) is 33.9 Å². The number of hydrogen-bond donors (Lipinski definition) is 1. The molecule has 0 saturated carbocycles. The predicted molar refractivity (Wildman–Crippen MR) is 93.9 cm³/mol. The minimum absolute atomic E-state index is 0.606. The first kappa shape index (κ1) is 14.4. The molecule has 1 N–H and O–H groups in total. The van der Waals surface area contributed by atoms with Crippen molar-refractivity contribution in [2.45, 2.75) is 0 Å². The van der Waals surface area contributed by atoms with Crippen LogP contribution in [0.2, 0.25) is 0 Å². The number of aromatic nitrogens is 3. The van der Waals surface area contributed by atoms with Crippen LogP contribution in [0.15, 0.2) is 47.8 Å². The predicted octanol–water partition coefficient (Wildman–Crippen LogP) is 4.23. The van der Waals surface area contributed by atoms with Gasteiger partial charge in [-0.25, -0.2) is 9.97 Å². The lowest BCUT2D eigenvalue weighted by molar-refractivity contribution is 0.415.